The van der Waals surface area contributed by atoms with Gasteiger partial charge in [0.1, 0.15) is 0 Å². The summed E-state index contributed by atoms with van der Waals surface area (Å²) in [4.78, 5) is 0. The van der Waals surface area contributed by atoms with Crippen molar-refractivity contribution in [2.75, 3.05) is 0 Å². The van der Waals surface area contributed by atoms with Gasteiger partial charge in [0.15, 0.2) is 0 Å². The van der Waals surface area contributed by atoms with Gasteiger partial charge in [0.25, 0.3) is 0 Å². The number of aryl methyl sites for hydroxylation is 1. The van der Waals surface area contributed by atoms with E-state index >= 15 is 0 Å². The molecule has 0 heteroatoms. The maximum absolute atomic E-state index is 2.46. The molecule has 16 heavy (non-hydrogen) atoms. The van der Waals surface area contributed by atoms with Crippen LogP contribution in [0.1, 0.15) is 63.1 Å². The van der Waals surface area contributed by atoms with Gasteiger partial charge < -0.3 is 0 Å². The molecule has 0 radical (unpaired) electrons. The maximum atomic E-state index is 2.46. The van der Waals surface area contributed by atoms with E-state index in [4.69, 9.17) is 0 Å². The van der Waals surface area contributed by atoms with Crippen molar-refractivity contribution in [3.63, 3.8) is 0 Å². The zero-order valence-corrected chi connectivity index (χ0v) is 11.1. The van der Waals surface area contributed by atoms with Gasteiger partial charge in [0.2, 0.25) is 0 Å². The first-order valence-corrected chi connectivity index (χ1v) is 6.57. The Morgan fingerprint density at radius 1 is 1.25 bits per heavy atom. The normalized spacial score (nSPS) is 20.6. The summed E-state index contributed by atoms with van der Waals surface area (Å²) in [5.74, 6) is 0.767. The van der Waals surface area contributed by atoms with Gasteiger partial charge in [-0.05, 0) is 53.7 Å². The van der Waals surface area contributed by atoms with Crippen LogP contribution in [0.5, 0.6) is 0 Å². The second-order valence-corrected chi connectivity index (χ2v) is 6.56. The highest BCUT2D eigenvalue weighted by molar-refractivity contribution is 5.36. The van der Waals surface area contributed by atoms with Crippen LogP contribution in [-0.2, 0) is 12.8 Å². The third-order valence-electron chi connectivity index (χ3n) is 3.56. The lowest BCUT2D eigenvalue weighted by Crippen LogP contribution is -2.12. The topological polar surface area (TPSA) is 0 Å². The summed E-state index contributed by atoms with van der Waals surface area (Å²) >= 11 is 0. The Labute approximate surface area is 100 Å². The molecule has 1 aromatic carbocycles. The third kappa shape index (κ3) is 2.66. The van der Waals surface area contributed by atoms with Gasteiger partial charge >= 0.3 is 0 Å². The largest absolute Gasteiger partial charge is 0.0599 e. The average Bonchev–Trinajstić information content (AvgIpc) is 2.17. The zero-order valence-electron chi connectivity index (χ0n) is 11.1. The highest BCUT2D eigenvalue weighted by atomic mass is 14.2. The number of rotatable bonds is 1. The monoisotopic (exact) mass is 216 g/mol. The van der Waals surface area contributed by atoms with Crippen LogP contribution >= 0.6 is 0 Å². The molecule has 1 aliphatic rings. The minimum atomic E-state index is 0.395. The minimum absolute atomic E-state index is 0.395. The molecule has 0 heterocycles. The molecular weight excluding hydrogens is 192 g/mol. The molecule has 2 rings (SSSR count). The smallest absolute Gasteiger partial charge is 0.0187 e. The molecule has 0 amide bonds. The van der Waals surface area contributed by atoms with E-state index in [1.165, 1.54) is 31.2 Å². The van der Waals surface area contributed by atoms with Crippen LogP contribution in [0.2, 0.25) is 0 Å². The van der Waals surface area contributed by atoms with Crippen molar-refractivity contribution in [3.05, 3.63) is 34.9 Å². The summed E-state index contributed by atoms with van der Waals surface area (Å²) in [6.07, 6.45) is 5.21. The van der Waals surface area contributed by atoms with Crippen molar-refractivity contribution >= 4 is 0 Å². The summed E-state index contributed by atoms with van der Waals surface area (Å²) in [7, 11) is 0. The number of fused-ring (bicyclic) bond motifs is 1. The molecule has 0 spiro atoms. The molecule has 0 saturated heterocycles. The molecule has 0 aliphatic heterocycles. The fraction of sp³-hybridized carbons (Fsp3) is 0.625. The Kier molecular flexibility index (Phi) is 3.10. The molecule has 0 saturated carbocycles. The van der Waals surface area contributed by atoms with Crippen molar-refractivity contribution in [2.45, 2.75) is 59.3 Å². The van der Waals surface area contributed by atoms with Crippen LogP contribution < -0.4 is 0 Å². The van der Waals surface area contributed by atoms with Gasteiger partial charge in [0.05, 0.1) is 0 Å². The van der Waals surface area contributed by atoms with E-state index < -0.39 is 0 Å². The molecule has 0 N–H and O–H groups in total. The van der Waals surface area contributed by atoms with Crippen molar-refractivity contribution < 1.29 is 0 Å². The first-order chi connectivity index (χ1) is 7.46. The van der Waals surface area contributed by atoms with E-state index in [9.17, 15) is 0 Å². The van der Waals surface area contributed by atoms with E-state index in [2.05, 4.69) is 45.9 Å². The lowest BCUT2D eigenvalue weighted by atomic mass is 9.81. The summed E-state index contributed by atoms with van der Waals surface area (Å²) < 4.78 is 0. The fourth-order valence-corrected chi connectivity index (χ4v) is 2.81. The SMILES string of the molecule is CC1CCCc2ccc(CC(C)(C)C)cc21. The Morgan fingerprint density at radius 2 is 2.00 bits per heavy atom. The van der Waals surface area contributed by atoms with Crippen LogP contribution in [0.3, 0.4) is 0 Å². The second kappa shape index (κ2) is 4.24. The molecule has 0 aromatic heterocycles. The Bertz CT molecular complexity index is 368. The molecular formula is C16H24. The van der Waals surface area contributed by atoms with Gasteiger partial charge in [-0.25, -0.2) is 0 Å². The average molecular weight is 216 g/mol. The summed E-state index contributed by atoms with van der Waals surface area (Å²) in [6.45, 7) is 9.32. The van der Waals surface area contributed by atoms with E-state index in [1.54, 1.807) is 11.1 Å². The zero-order chi connectivity index (χ0) is 11.8. The molecule has 1 atom stereocenters. The number of hydrogen-bond donors (Lipinski definition) is 0. The van der Waals surface area contributed by atoms with Crippen LogP contribution in [0.15, 0.2) is 18.2 Å². The Morgan fingerprint density at radius 3 is 2.69 bits per heavy atom. The van der Waals surface area contributed by atoms with Gasteiger partial charge in [-0.15, -0.1) is 0 Å². The summed E-state index contributed by atoms with van der Waals surface area (Å²) in [6, 6.07) is 7.17. The van der Waals surface area contributed by atoms with Gasteiger partial charge in [-0.3, -0.25) is 0 Å². The lowest BCUT2D eigenvalue weighted by Gasteiger charge is -2.25. The van der Waals surface area contributed by atoms with Gasteiger partial charge in [-0.1, -0.05) is 45.9 Å². The molecule has 88 valence electrons. The van der Waals surface area contributed by atoms with Crippen molar-refractivity contribution in [3.8, 4) is 0 Å². The molecule has 0 fully saturated rings. The maximum Gasteiger partial charge on any atom is -0.0187 e. The van der Waals surface area contributed by atoms with E-state index in [0.29, 0.717) is 5.41 Å². The Hall–Kier alpha value is -0.780. The van der Waals surface area contributed by atoms with Crippen molar-refractivity contribution in [1.29, 1.82) is 0 Å². The third-order valence-corrected chi connectivity index (χ3v) is 3.56. The van der Waals surface area contributed by atoms with Crippen molar-refractivity contribution in [1.82, 2.24) is 0 Å². The summed E-state index contributed by atoms with van der Waals surface area (Å²) in [5, 5.41) is 0. The summed E-state index contributed by atoms with van der Waals surface area (Å²) in [5.41, 5.74) is 5.12. The van der Waals surface area contributed by atoms with Crippen molar-refractivity contribution in [2.24, 2.45) is 5.41 Å². The van der Waals surface area contributed by atoms with E-state index in [-0.39, 0.29) is 0 Å². The van der Waals surface area contributed by atoms with Crippen LogP contribution in [0, 0.1) is 5.41 Å². The van der Waals surface area contributed by atoms with Crippen LogP contribution in [0.4, 0.5) is 0 Å². The van der Waals surface area contributed by atoms with E-state index in [0.717, 1.165) is 5.92 Å². The molecule has 0 bridgehead atoms. The van der Waals surface area contributed by atoms with Gasteiger partial charge in [-0.2, -0.15) is 0 Å². The fourth-order valence-electron chi connectivity index (χ4n) is 2.81. The molecule has 0 nitrogen and oxygen atoms in total. The standard InChI is InChI=1S/C16H24/c1-12-6-5-7-14-9-8-13(10-15(12)14)11-16(2,3)4/h8-10,12H,5-7,11H2,1-4H3. The number of benzene rings is 1. The molecule has 1 aromatic rings. The first-order valence-electron chi connectivity index (χ1n) is 6.57. The minimum Gasteiger partial charge on any atom is -0.0599 e. The van der Waals surface area contributed by atoms with Crippen LogP contribution in [0.25, 0.3) is 0 Å². The predicted octanol–water partition coefficient (Wildman–Crippen LogP) is 4.72. The highest BCUT2D eigenvalue weighted by Gasteiger charge is 2.18. The predicted molar refractivity (Wildman–Crippen MR) is 71.0 cm³/mol. The second-order valence-electron chi connectivity index (χ2n) is 6.56. The first kappa shape index (κ1) is 11.7. The van der Waals surface area contributed by atoms with Crippen LogP contribution in [-0.4, -0.2) is 0 Å². The Balaban J connectivity index is 2.27. The molecule has 1 aliphatic carbocycles. The highest BCUT2D eigenvalue weighted by Crippen LogP contribution is 2.33. The lowest BCUT2D eigenvalue weighted by molar-refractivity contribution is 0.410. The number of hydrogen-bond acceptors (Lipinski definition) is 0. The molecule has 1 unspecified atom stereocenters. The quantitative estimate of drug-likeness (QED) is 0.637. The van der Waals surface area contributed by atoms with E-state index in [1.807, 2.05) is 0 Å². The van der Waals surface area contributed by atoms with Gasteiger partial charge in [0, 0.05) is 0 Å².